The highest BCUT2D eigenvalue weighted by molar-refractivity contribution is 5.74. The van der Waals surface area contributed by atoms with Crippen LogP contribution < -0.4 is 5.73 Å². The van der Waals surface area contributed by atoms with Gasteiger partial charge in [-0.1, -0.05) is 78.9 Å². The standard InChI is InChI=1S/C27H33N3O3/c28-27(15-8-7-14-24(27)26(31)32)33-21-9-16-29-17-19-30(20-18-29)25(22-10-3-1-4-11-22)23-12-5-2-6-13-23/h1-8,10-15,24-25H,9,16-21,28H2,(H,31,32). The summed E-state index contributed by atoms with van der Waals surface area (Å²) in [5, 5.41) is 9.41. The highest BCUT2D eigenvalue weighted by atomic mass is 16.5. The monoisotopic (exact) mass is 447 g/mol. The first kappa shape index (κ1) is 23.4. The molecule has 6 nitrogen and oxygen atoms in total. The number of hydrogen-bond acceptors (Lipinski definition) is 5. The van der Waals surface area contributed by atoms with E-state index in [4.69, 9.17) is 10.5 Å². The van der Waals surface area contributed by atoms with Crippen LogP contribution in [0.1, 0.15) is 23.6 Å². The number of nitrogens with zero attached hydrogens (tertiary/aromatic N) is 2. The van der Waals surface area contributed by atoms with Crippen LogP contribution in [0.15, 0.2) is 85.0 Å². The number of rotatable bonds is 9. The third-order valence-corrected chi connectivity index (χ3v) is 6.50. The minimum absolute atomic E-state index is 0.258. The predicted octanol–water partition coefficient (Wildman–Crippen LogP) is 3.28. The van der Waals surface area contributed by atoms with Gasteiger partial charge in [0.05, 0.1) is 12.6 Å². The molecule has 0 saturated carbocycles. The largest absolute Gasteiger partial charge is 0.481 e. The van der Waals surface area contributed by atoms with E-state index >= 15 is 0 Å². The number of nitrogens with two attached hydrogens (primary N) is 1. The minimum Gasteiger partial charge on any atom is -0.481 e. The number of carboxylic acids is 1. The van der Waals surface area contributed by atoms with Crippen molar-refractivity contribution in [1.82, 2.24) is 9.80 Å². The van der Waals surface area contributed by atoms with Gasteiger partial charge in [0.1, 0.15) is 5.92 Å². The van der Waals surface area contributed by atoms with Crippen LogP contribution in [0.4, 0.5) is 0 Å². The smallest absolute Gasteiger partial charge is 0.315 e. The molecule has 1 heterocycles. The Balaban J connectivity index is 1.28. The van der Waals surface area contributed by atoms with Crippen molar-refractivity contribution >= 4 is 5.97 Å². The molecule has 0 amide bonds. The molecule has 1 aliphatic carbocycles. The van der Waals surface area contributed by atoms with E-state index in [1.807, 2.05) is 0 Å². The highest BCUT2D eigenvalue weighted by Gasteiger charge is 2.38. The van der Waals surface area contributed by atoms with Crippen LogP contribution in [0.3, 0.4) is 0 Å². The molecule has 6 heteroatoms. The summed E-state index contributed by atoms with van der Waals surface area (Å²) in [7, 11) is 0. The van der Waals surface area contributed by atoms with Gasteiger partial charge < -0.3 is 14.7 Å². The van der Waals surface area contributed by atoms with Crippen molar-refractivity contribution in [1.29, 1.82) is 0 Å². The molecule has 2 aromatic rings. The zero-order valence-electron chi connectivity index (χ0n) is 18.9. The third kappa shape index (κ3) is 5.78. The van der Waals surface area contributed by atoms with Crippen LogP contribution >= 0.6 is 0 Å². The second kappa shape index (κ2) is 10.9. The van der Waals surface area contributed by atoms with Gasteiger partial charge in [-0.25, -0.2) is 0 Å². The predicted molar refractivity (Wildman–Crippen MR) is 130 cm³/mol. The summed E-state index contributed by atoms with van der Waals surface area (Å²) >= 11 is 0. The summed E-state index contributed by atoms with van der Waals surface area (Å²) in [5.74, 6) is -1.83. The Morgan fingerprint density at radius 2 is 1.61 bits per heavy atom. The first-order chi connectivity index (χ1) is 16.1. The first-order valence-electron chi connectivity index (χ1n) is 11.6. The van der Waals surface area contributed by atoms with Crippen LogP contribution in [-0.2, 0) is 9.53 Å². The zero-order chi connectivity index (χ0) is 23.1. The van der Waals surface area contributed by atoms with Crippen molar-refractivity contribution in [2.45, 2.75) is 18.2 Å². The lowest BCUT2D eigenvalue weighted by molar-refractivity contribution is -0.149. The molecule has 33 heavy (non-hydrogen) atoms. The van der Waals surface area contributed by atoms with Crippen molar-refractivity contribution in [3.8, 4) is 0 Å². The lowest BCUT2D eigenvalue weighted by Gasteiger charge is -2.40. The number of carboxylic acid groups (broad SMARTS) is 1. The number of benzene rings is 2. The lowest BCUT2D eigenvalue weighted by Crippen LogP contribution is -2.51. The van der Waals surface area contributed by atoms with Gasteiger partial charge >= 0.3 is 5.97 Å². The molecular formula is C27H33N3O3. The van der Waals surface area contributed by atoms with E-state index in [1.165, 1.54) is 11.1 Å². The van der Waals surface area contributed by atoms with Crippen molar-refractivity contribution < 1.29 is 14.6 Å². The van der Waals surface area contributed by atoms with E-state index in [0.717, 1.165) is 39.1 Å². The fourth-order valence-electron chi connectivity index (χ4n) is 4.72. The van der Waals surface area contributed by atoms with Gasteiger partial charge in [-0.2, -0.15) is 0 Å². The van der Waals surface area contributed by atoms with Gasteiger partial charge in [0.15, 0.2) is 5.72 Å². The molecular weight excluding hydrogens is 414 g/mol. The SMILES string of the molecule is NC1(OCCCN2CCN(C(c3ccccc3)c3ccccc3)CC2)C=CC=CC1C(=O)O. The summed E-state index contributed by atoms with van der Waals surface area (Å²) in [6.45, 7) is 5.29. The summed E-state index contributed by atoms with van der Waals surface area (Å²) in [4.78, 5) is 16.5. The molecule has 2 aromatic carbocycles. The van der Waals surface area contributed by atoms with Gasteiger partial charge in [-0.05, 0) is 23.6 Å². The van der Waals surface area contributed by atoms with E-state index < -0.39 is 17.6 Å². The summed E-state index contributed by atoms with van der Waals surface area (Å²) in [5.41, 5.74) is 7.59. The quantitative estimate of drug-likeness (QED) is 0.454. The van der Waals surface area contributed by atoms with Crippen molar-refractivity contribution in [2.75, 3.05) is 39.3 Å². The summed E-state index contributed by atoms with van der Waals surface area (Å²) in [6, 6.07) is 21.7. The molecule has 1 fully saturated rings. The number of ether oxygens (including phenoxy) is 1. The molecule has 2 unspecified atom stereocenters. The summed E-state index contributed by atoms with van der Waals surface area (Å²) in [6.07, 6.45) is 7.47. The Kier molecular flexibility index (Phi) is 7.73. The van der Waals surface area contributed by atoms with Gasteiger partial charge in [0.25, 0.3) is 0 Å². The number of allylic oxidation sites excluding steroid dienone is 2. The molecule has 0 bridgehead atoms. The van der Waals surface area contributed by atoms with E-state index in [0.29, 0.717) is 6.61 Å². The molecule has 1 aliphatic heterocycles. The molecule has 1 saturated heterocycles. The number of carbonyl (C=O) groups is 1. The fourth-order valence-corrected chi connectivity index (χ4v) is 4.72. The Bertz CT molecular complexity index is 916. The maximum absolute atomic E-state index is 11.5. The molecule has 0 aromatic heterocycles. The Hall–Kier alpha value is -2.77. The van der Waals surface area contributed by atoms with Gasteiger partial charge in [-0.3, -0.25) is 15.4 Å². The van der Waals surface area contributed by atoms with Crippen molar-refractivity contribution in [3.05, 3.63) is 96.1 Å². The Labute approximate surface area is 196 Å². The average molecular weight is 448 g/mol. The maximum atomic E-state index is 11.5. The number of hydrogen-bond donors (Lipinski definition) is 2. The molecule has 2 aliphatic rings. The number of piperazine rings is 1. The van der Waals surface area contributed by atoms with E-state index in [-0.39, 0.29) is 6.04 Å². The molecule has 3 N–H and O–H groups in total. The van der Waals surface area contributed by atoms with Crippen LogP contribution in [-0.4, -0.2) is 65.9 Å². The van der Waals surface area contributed by atoms with Crippen molar-refractivity contribution in [3.63, 3.8) is 0 Å². The average Bonchev–Trinajstić information content (AvgIpc) is 2.84. The molecule has 0 radical (unpaired) electrons. The normalized spacial score (nSPS) is 23.8. The van der Waals surface area contributed by atoms with Crippen LogP contribution in [0.5, 0.6) is 0 Å². The van der Waals surface area contributed by atoms with Crippen LogP contribution in [0.25, 0.3) is 0 Å². The minimum atomic E-state index is -1.28. The van der Waals surface area contributed by atoms with Crippen LogP contribution in [0, 0.1) is 5.92 Å². The maximum Gasteiger partial charge on any atom is 0.315 e. The van der Waals surface area contributed by atoms with E-state index in [9.17, 15) is 9.90 Å². The topological polar surface area (TPSA) is 79.0 Å². The highest BCUT2D eigenvalue weighted by Crippen LogP contribution is 2.29. The van der Waals surface area contributed by atoms with E-state index in [1.54, 1.807) is 24.3 Å². The first-order valence-corrected chi connectivity index (χ1v) is 11.6. The Morgan fingerprint density at radius 1 is 1.00 bits per heavy atom. The van der Waals surface area contributed by atoms with Gasteiger partial charge in [-0.15, -0.1) is 0 Å². The van der Waals surface area contributed by atoms with Gasteiger partial charge in [0, 0.05) is 32.7 Å². The molecule has 2 atom stereocenters. The second-order valence-corrected chi connectivity index (χ2v) is 8.72. The third-order valence-electron chi connectivity index (χ3n) is 6.50. The zero-order valence-corrected chi connectivity index (χ0v) is 18.9. The van der Waals surface area contributed by atoms with Crippen LogP contribution in [0.2, 0.25) is 0 Å². The second-order valence-electron chi connectivity index (χ2n) is 8.72. The Morgan fingerprint density at radius 3 is 2.18 bits per heavy atom. The van der Waals surface area contributed by atoms with Crippen molar-refractivity contribution in [2.24, 2.45) is 11.7 Å². The fraction of sp³-hybridized carbons (Fsp3) is 0.370. The summed E-state index contributed by atoms with van der Waals surface area (Å²) < 4.78 is 5.83. The molecule has 4 rings (SSSR count). The van der Waals surface area contributed by atoms with Gasteiger partial charge in [0.2, 0.25) is 0 Å². The van der Waals surface area contributed by atoms with E-state index in [2.05, 4.69) is 70.5 Å². The molecule has 174 valence electrons. The lowest BCUT2D eigenvalue weighted by atomic mass is 9.92. The molecule has 0 spiro atoms. The number of aliphatic carboxylic acids is 1.